The number of hydrogen-bond donors (Lipinski definition) is 3. The maximum atomic E-state index is 12.5. The molecule has 0 bridgehead atoms. The zero-order valence-electron chi connectivity index (χ0n) is 52.1. The molecule has 0 radical (unpaired) electrons. The molecule has 0 spiro atoms. The molecule has 0 rings (SSSR count). The fraction of sp³-hybridized carbons (Fsp3) is 0.833. The van der Waals surface area contributed by atoms with Crippen LogP contribution in [0, 0.1) is 0 Å². The number of ether oxygens (including phenoxy) is 1. The van der Waals surface area contributed by atoms with Crippen LogP contribution in [0.5, 0.6) is 0 Å². The van der Waals surface area contributed by atoms with Crippen molar-refractivity contribution in [2.75, 3.05) is 13.2 Å². The number of unbranched alkanes of at least 4 members (excludes halogenated alkanes) is 45. The number of amides is 1. The molecule has 0 aromatic carbocycles. The number of esters is 1. The Hall–Kier alpha value is -2.44. The number of allylic oxidation sites excluding steroid dienone is 9. The Morgan fingerprint density at radius 3 is 1.00 bits per heavy atom. The summed E-state index contributed by atoms with van der Waals surface area (Å²) in [5.74, 6) is -0.0623. The highest BCUT2D eigenvalue weighted by Crippen LogP contribution is 2.17. The first-order valence-electron chi connectivity index (χ1n) is 34.6. The molecule has 6 heteroatoms. The molecule has 2 atom stereocenters. The van der Waals surface area contributed by atoms with Crippen LogP contribution in [-0.2, 0) is 14.3 Å². The molecule has 0 aromatic rings. The maximum absolute atomic E-state index is 12.5. The van der Waals surface area contributed by atoms with Gasteiger partial charge in [0.2, 0.25) is 5.91 Å². The quantitative estimate of drug-likeness (QED) is 0.0320. The molecule has 0 aliphatic rings. The summed E-state index contributed by atoms with van der Waals surface area (Å²) in [6.07, 6.45) is 88.7. The van der Waals surface area contributed by atoms with Crippen molar-refractivity contribution in [2.24, 2.45) is 0 Å². The molecule has 0 fully saturated rings. The third-order valence-electron chi connectivity index (χ3n) is 15.8. The van der Waals surface area contributed by atoms with Gasteiger partial charge in [0.25, 0.3) is 0 Å². The lowest BCUT2D eigenvalue weighted by atomic mass is 10.0. The van der Waals surface area contributed by atoms with Gasteiger partial charge in [-0.15, -0.1) is 0 Å². The first kappa shape index (κ1) is 75.6. The van der Waals surface area contributed by atoms with Crippen molar-refractivity contribution in [3.05, 3.63) is 60.8 Å². The van der Waals surface area contributed by atoms with E-state index in [0.717, 1.165) is 57.8 Å². The number of hydrogen-bond acceptors (Lipinski definition) is 5. The maximum Gasteiger partial charge on any atom is 0.305 e. The first-order chi connectivity index (χ1) is 38.5. The molecular formula is C72H133NO5. The highest BCUT2D eigenvalue weighted by atomic mass is 16.5. The van der Waals surface area contributed by atoms with E-state index in [9.17, 15) is 19.8 Å². The van der Waals surface area contributed by atoms with E-state index in [2.05, 4.69) is 67.8 Å². The minimum absolute atomic E-state index is 0.00483. The second-order valence-electron chi connectivity index (χ2n) is 23.5. The van der Waals surface area contributed by atoms with Crippen LogP contribution in [0.25, 0.3) is 0 Å². The Morgan fingerprint density at radius 1 is 0.359 bits per heavy atom. The molecule has 0 saturated heterocycles. The SMILES string of the molecule is CCCCC/C=C\C/C=C\CCCCCCCCCC(=O)OCCCCCCCCCCC/C=C\C/C=C\CCCCCCCCCCCCCCCCCC(=O)NC(CO)C(O)/C=C/CCCCCCCCCCCCC. The molecule has 0 heterocycles. The number of rotatable bonds is 64. The zero-order valence-corrected chi connectivity index (χ0v) is 52.1. The number of nitrogens with one attached hydrogen (secondary N) is 1. The lowest BCUT2D eigenvalue weighted by molar-refractivity contribution is -0.143. The van der Waals surface area contributed by atoms with Gasteiger partial charge in [-0.2, -0.15) is 0 Å². The minimum Gasteiger partial charge on any atom is -0.466 e. The van der Waals surface area contributed by atoms with E-state index < -0.39 is 12.1 Å². The molecule has 0 saturated carbocycles. The van der Waals surface area contributed by atoms with Crippen LogP contribution < -0.4 is 5.32 Å². The highest BCUT2D eigenvalue weighted by Gasteiger charge is 2.18. The number of carbonyl (C=O) groups excluding carboxylic acids is 2. The van der Waals surface area contributed by atoms with Gasteiger partial charge in [-0.1, -0.05) is 312 Å². The Balaban J connectivity index is 3.40. The molecular weight excluding hydrogens is 959 g/mol. The van der Waals surface area contributed by atoms with Crippen LogP contribution in [0.2, 0.25) is 0 Å². The fourth-order valence-corrected chi connectivity index (χ4v) is 10.5. The van der Waals surface area contributed by atoms with Gasteiger partial charge in [0.1, 0.15) is 0 Å². The molecule has 456 valence electrons. The normalized spacial score (nSPS) is 12.9. The van der Waals surface area contributed by atoms with Crippen molar-refractivity contribution in [1.82, 2.24) is 5.32 Å². The third kappa shape index (κ3) is 62.8. The van der Waals surface area contributed by atoms with Gasteiger partial charge in [0, 0.05) is 12.8 Å². The molecule has 2 unspecified atom stereocenters. The smallest absolute Gasteiger partial charge is 0.305 e. The van der Waals surface area contributed by atoms with Crippen LogP contribution in [0.4, 0.5) is 0 Å². The summed E-state index contributed by atoms with van der Waals surface area (Å²) in [4.78, 5) is 24.5. The lowest BCUT2D eigenvalue weighted by Gasteiger charge is -2.20. The van der Waals surface area contributed by atoms with E-state index in [1.54, 1.807) is 6.08 Å². The number of carbonyl (C=O) groups is 2. The second-order valence-corrected chi connectivity index (χ2v) is 23.5. The average molecular weight is 1090 g/mol. The predicted molar refractivity (Wildman–Crippen MR) is 342 cm³/mol. The standard InChI is InChI=1S/C72H133NO5/c1-3-5-7-9-11-13-15-17-18-34-38-42-46-50-54-58-62-66-72(77)78-67-63-59-55-51-47-43-39-36-33-31-29-27-25-23-21-19-20-22-24-26-28-30-32-35-37-41-45-49-53-57-61-65-71(76)73-69(68-74)70(75)64-60-56-52-48-44-40-16-14-12-10-8-6-4-2/h11,13,17-18,21,23,27,29,60,64,69-70,74-75H,3-10,12,14-16,19-20,22,24-26,28,30-59,61-63,65-68H2,1-2H3,(H,73,76)/b13-11-,18-17-,23-21-,29-27-,64-60+. The topological polar surface area (TPSA) is 95.9 Å². The van der Waals surface area contributed by atoms with Crippen molar-refractivity contribution < 1.29 is 24.5 Å². The van der Waals surface area contributed by atoms with E-state index in [0.29, 0.717) is 19.4 Å². The predicted octanol–water partition coefficient (Wildman–Crippen LogP) is 22.3. The summed E-state index contributed by atoms with van der Waals surface area (Å²) in [6.45, 7) is 4.88. The van der Waals surface area contributed by atoms with E-state index in [4.69, 9.17) is 4.74 Å². The van der Waals surface area contributed by atoms with Gasteiger partial charge in [-0.3, -0.25) is 9.59 Å². The second kappa shape index (κ2) is 67.1. The van der Waals surface area contributed by atoms with E-state index in [1.165, 1.54) is 276 Å². The van der Waals surface area contributed by atoms with Crippen LogP contribution in [-0.4, -0.2) is 47.4 Å². The van der Waals surface area contributed by atoms with Crippen LogP contribution in [0.1, 0.15) is 361 Å². The van der Waals surface area contributed by atoms with Crippen molar-refractivity contribution in [2.45, 2.75) is 373 Å². The van der Waals surface area contributed by atoms with Gasteiger partial charge in [0.05, 0.1) is 25.4 Å². The van der Waals surface area contributed by atoms with Gasteiger partial charge >= 0.3 is 5.97 Å². The minimum atomic E-state index is -0.844. The Bertz CT molecular complexity index is 1350. The summed E-state index contributed by atoms with van der Waals surface area (Å²) in [5.41, 5.74) is 0. The Morgan fingerprint density at radius 2 is 0.641 bits per heavy atom. The molecule has 6 nitrogen and oxygen atoms in total. The number of aliphatic hydroxyl groups excluding tert-OH is 2. The number of aliphatic hydroxyl groups is 2. The van der Waals surface area contributed by atoms with Gasteiger partial charge in [-0.25, -0.2) is 0 Å². The summed E-state index contributed by atoms with van der Waals surface area (Å²) in [7, 11) is 0. The van der Waals surface area contributed by atoms with Crippen molar-refractivity contribution >= 4 is 11.9 Å². The van der Waals surface area contributed by atoms with Gasteiger partial charge in [0.15, 0.2) is 0 Å². The summed E-state index contributed by atoms with van der Waals surface area (Å²) in [5, 5.41) is 23.1. The van der Waals surface area contributed by atoms with Crippen LogP contribution in [0.15, 0.2) is 60.8 Å². The molecule has 0 aliphatic heterocycles. The Labute approximate surface area is 486 Å². The lowest BCUT2D eigenvalue weighted by Crippen LogP contribution is -2.45. The summed E-state index contributed by atoms with van der Waals surface area (Å²) >= 11 is 0. The van der Waals surface area contributed by atoms with Crippen LogP contribution >= 0.6 is 0 Å². The molecule has 3 N–H and O–H groups in total. The molecule has 0 aromatic heterocycles. The third-order valence-corrected chi connectivity index (χ3v) is 15.8. The van der Waals surface area contributed by atoms with Gasteiger partial charge < -0.3 is 20.3 Å². The molecule has 0 aliphatic carbocycles. The van der Waals surface area contributed by atoms with E-state index in [-0.39, 0.29) is 18.5 Å². The fourth-order valence-electron chi connectivity index (χ4n) is 10.5. The average Bonchev–Trinajstić information content (AvgIpc) is 3.44. The van der Waals surface area contributed by atoms with Crippen molar-refractivity contribution in [1.29, 1.82) is 0 Å². The Kier molecular flexibility index (Phi) is 65.0. The molecule has 1 amide bonds. The first-order valence-corrected chi connectivity index (χ1v) is 34.6. The van der Waals surface area contributed by atoms with E-state index >= 15 is 0 Å². The highest BCUT2D eigenvalue weighted by molar-refractivity contribution is 5.76. The van der Waals surface area contributed by atoms with Crippen LogP contribution in [0.3, 0.4) is 0 Å². The van der Waals surface area contributed by atoms with Crippen molar-refractivity contribution in [3.63, 3.8) is 0 Å². The largest absolute Gasteiger partial charge is 0.466 e. The van der Waals surface area contributed by atoms with E-state index in [1.807, 2.05) is 6.08 Å². The molecule has 78 heavy (non-hydrogen) atoms. The van der Waals surface area contributed by atoms with Crippen molar-refractivity contribution in [3.8, 4) is 0 Å². The van der Waals surface area contributed by atoms with Gasteiger partial charge in [-0.05, 0) is 96.3 Å². The summed E-state index contributed by atoms with van der Waals surface area (Å²) < 4.78 is 5.49. The summed E-state index contributed by atoms with van der Waals surface area (Å²) in [6, 6.07) is -0.628. The monoisotopic (exact) mass is 1090 g/mol. The zero-order chi connectivity index (χ0) is 56.4.